The molecule has 0 aliphatic carbocycles. The summed E-state index contributed by atoms with van der Waals surface area (Å²) in [5.41, 5.74) is 4.89. The van der Waals surface area contributed by atoms with Crippen LogP contribution < -0.4 is 5.73 Å². The van der Waals surface area contributed by atoms with Crippen LogP contribution in [0.4, 0.5) is 17.6 Å². The van der Waals surface area contributed by atoms with Gasteiger partial charge in [0.2, 0.25) is 0 Å². The smallest absolute Gasteiger partial charge is 0.330 e. The molecule has 120 valence electrons. The molecule has 0 aliphatic heterocycles. The van der Waals surface area contributed by atoms with Crippen LogP contribution in [0, 0.1) is 11.2 Å². The summed E-state index contributed by atoms with van der Waals surface area (Å²) >= 11 is 0. The van der Waals surface area contributed by atoms with Crippen molar-refractivity contribution in [3.05, 3.63) is 35.1 Å². The number of hydrogen-bond donors (Lipinski definition) is 1. The van der Waals surface area contributed by atoms with Crippen molar-refractivity contribution < 1.29 is 17.6 Å². The van der Waals surface area contributed by atoms with Crippen LogP contribution in [-0.2, 0) is 12.7 Å². The molecule has 0 saturated carbocycles. The van der Waals surface area contributed by atoms with E-state index in [0.29, 0.717) is 31.3 Å². The number of alkyl halides is 3. The third-order valence-electron chi connectivity index (χ3n) is 3.34. The minimum Gasteiger partial charge on any atom is -0.330 e. The molecule has 2 N–H and O–H groups in total. The number of benzene rings is 1. The second-order valence-electron chi connectivity index (χ2n) is 6.02. The highest BCUT2D eigenvalue weighted by Crippen LogP contribution is 2.30. The van der Waals surface area contributed by atoms with Gasteiger partial charge in [-0.05, 0) is 42.3 Å². The molecule has 0 bridgehead atoms. The van der Waals surface area contributed by atoms with Crippen LogP contribution in [0.25, 0.3) is 0 Å². The van der Waals surface area contributed by atoms with E-state index in [-0.39, 0.29) is 12.0 Å². The second kappa shape index (κ2) is 6.75. The Balaban J connectivity index is 2.93. The third kappa shape index (κ3) is 5.63. The highest BCUT2D eigenvalue weighted by atomic mass is 19.4. The van der Waals surface area contributed by atoms with Crippen LogP contribution in [0.2, 0.25) is 0 Å². The molecule has 0 spiro atoms. The molecule has 0 amide bonds. The highest BCUT2D eigenvalue weighted by molar-refractivity contribution is 5.26. The molecule has 0 unspecified atom stereocenters. The SMILES string of the molecule is CCN(Cc1cc(F)cc(C(F)(F)F)c1)CC(C)(C)CN. The Labute approximate surface area is 122 Å². The Morgan fingerprint density at radius 3 is 2.24 bits per heavy atom. The Morgan fingerprint density at radius 2 is 1.76 bits per heavy atom. The van der Waals surface area contributed by atoms with E-state index in [1.165, 1.54) is 0 Å². The van der Waals surface area contributed by atoms with Gasteiger partial charge in [-0.15, -0.1) is 0 Å². The van der Waals surface area contributed by atoms with E-state index >= 15 is 0 Å². The molecule has 21 heavy (non-hydrogen) atoms. The quantitative estimate of drug-likeness (QED) is 0.813. The first-order valence-corrected chi connectivity index (χ1v) is 6.86. The van der Waals surface area contributed by atoms with Crippen molar-refractivity contribution in [3.63, 3.8) is 0 Å². The first kappa shape index (κ1) is 17.9. The lowest BCUT2D eigenvalue weighted by Crippen LogP contribution is -2.38. The summed E-state index contributed by atoms with van der Waals surface area (Å²) in [6.07, 6.45) is -4.54. The number of nitrogens with two attached hydrogens (primary N) is 1. The summed E-state index contributed by atoms with van der Waals surface area (Å²) in [5, 5.41) is 0. The predicted octanol–water partition coefficient (Wildman–Crippen LogP) is 3.65. The number of hydrogen-bond acceptors (Lipinski definition) is 2. The molecular weight excluding hydrogens is 284 g/mol. The molecule has 0 heterocycles. The molecule has 0 aliphatic rings. The fraction of sp³-hybridized carbons (Fsp3) is 0.600. The third-order valence-corrected chi connectivity index (χ3v) is 3.34. The zero-order valence-corrected chi connectivity index (χ0v) is 12.6. The topological polar surface area (TPSA) is 29.3 Å². The summed E-state index contributed by atoms with van der Waals surface area (Å²) in [5.74, 6) is -0.867. The van der Waals surface area contributed by atoms with Gasteiger partial charge in [0.25, 0.3) is 0 Å². The summed E-state index contributed by atoms with van der Waals surface area (Å²) in [7, 11) is 0. The van der Waals surface area contributed by atoms with Crippen molar-refractivity contribution in [1.82, 2.24) is 4.90 Å². The Bertz CT molecular complexity index is 469. The van der Waals surface area contributed by atoms with Gasteiger partial charge < -0.3 is 5.73 Å². The lowest BCUT2D eigenvalue weighted by molar-refractivity contribution is -0.137. The molecule has 0 atom stereocenters. The molecule has 6 heteroatoms. The van der Waals surface area contributed by atoms with E-state index in [1.54, 1.807) is 0 Å². The van der Waals surface area contributed by atoms with Gasteiger partial charge in [0, 0.05) is 13.1 Å². The second-order valence-corrected chi connectivity index (χ2v) is 6.02. The minimum atomic E-state index is -4.54. The van der Waals surface area contributed by atoms with E-state index in [1.807, 2.05) is 25.7 Å². The van der Waals surface area contributed by atoms with Crippen LogP contribution >= 0.6 is 0 Å². The Hall–Kier alpha value is -1.14. The lowest BCUT2D eigenvalue weighted by Gasteiger charge is -2.31. The standard InChI is InChI=1S/C15H22F4N2/c1-4-21(10-14(2,3)9-20)8-11-5-12(15(17,18)19)7-13(16)6-11/h5-7H,4,8-10,20H2,1-3H3. The Morgan fingerprint density at radius 1 is 1.14 bits per heavy atom. The van der Waals surface area contributed by atoms with E-state index in [2.05, 4.69) is 0 Å². The van der Waals surface area contributed by atoms with Crippen molar-refractivity contribution >= 4 is 0 Å². The van der Waals surface area contributed by atoms with E-state index in [4.69, 9.17) is 5.73 Å². The van der Waals surface area contributed by atoms with Crippen LogP contribution in [0.3, 0.4) is 0 Å². The predicted molar refractivity (Wildman–Crippen MR) is 75.2 cm³/mol. The summed E-state index contributed by atoms with van der Waals surface area (Å²) in [6, 6.07) is 2.66. The molecule has 0 saturated heterocycles. The fourth-order valence-electron chi connectivity index (χ4n) is 2.11. The average molecular weight is 306 g/mol. The molecule has 1 rings (SSSR count). The van der Waals surface area contributed by atoms with Gasteiger partial charge in [-0.3, -0.25) is 4.90 Å². The van der Waals surface area contributed by atoms with Gasteiger partial charge in [0.1, 0.15) is 5.82 Å². The van der Waals surface area contributed by atoms with Crippen LogP contribution in [-0.4, -0.2) is 24.5 Å². The van der Waals surface area contributed by atoms with Crippen molar-refractivity contribution in [2.45, 2.75) is 33.5 Å². The first-order chi connectivity index (χ1) is 9.57. The van der Waals surface area contributed by atoms with E-state index in [0.717, 1.165) is 12.1 Å². The number of nitrogens with zero attached hydrogens (tertiary/aromatic N) is 1. The van der Waals surface area contributed by atoms with Crippen molar-refractivity contribution in [3.8, 4) is 0 Å². The van der Waals surface area contributed by atoms with Crippen molar-refractivity contribution in [2.24, 2.45) is 11.1 Å². The molecule has 2 nitrogen and oxygen atoms in total. The number of halogens is 4. The van der Waals surface area contributed by atoms with Gasteiger partial charge in [0.15, 0.2) is 0 Å². The molecule has 1 aromatic carbocycles. The molecule has 1 aromatic rings. The monoisotopic (exact) mass is 306 g/mol. The maximum Gasteiger partial charge on any atom is 0.416 e. The van der Waals surface area contributed by atoms with Crippen molar-refractivity contribution in [1.29, 1.82) is 0 Å². The summed E-state index contributed by atoms with van der Waals surface area (Å²) in [6.45, 7) is 7.92. The summed E-state index contributed by atoms with van der Waals surface area (Å²) < 4.78 is 51.5. The fourth-order valence-corrected chi connectivity index (χ4v) is 2.11. The van der Waals surface area contributed by atoms with Gasteiger partial charge in [-0.1, -0.05) is 20.8 Å². The van der Waals surface area contributed by atoms with Gasteiger partial charge >= 0.3 is 6.18 Å². The first-order valence-electron chi connectivity index (χ1n) is 6.86. The van der Waals surface area contributed by atoms with Gasteiger partial charge in [-0.2, -0.15) is 13.2 Å². The highest BCUT2D eigenvalue weighted by Gasteiger charge is 2.31. The van der Waals surface area contributed by atoms with Crippen molar-refractivity contribution in [2.75, 3.05) is 19.6 Å². The lowest BCUT2D eigenvalue weighted by atomic mass is 9.93. The average Bonchev–Trinajstić information content (AvgIpc) is 2.36. The number of rotatable bonds is 6. The summed E-state index contributed by atoms with van der Waals surface area (Å²) in [4.78, 5) is 1.96. The zero-order chi connectivity index (χ0) is 16.3. The molecule has 0 fully saturated rings. The maximum atomic E-state index is 13.4. The van der Waals surface area contributed by atoms with E-state index in [9.17, 15) is 17.6 Å². The molecule has 0 radical (unpaired) electrons. The van der Waals surface area contributed by atoms with Gasteiger partial charge in [0.05, 0.1) is 5.56 Å². The maximum absolute atomic E-state index is 13.4. The van der Waals surface area contributed by atoms with E-state index < -0.39 is 17.6 Å². The zero-order valence-electron chi connectivity index (χ0n) is 12.6. The molecule has 0 aromatic heterocycles. The normalized spacial score (nSPS) is 13.0. The van der Waals surface area contributed by atoms with Crippen LogP contribution in [0.5, 0.6) is 0 Å². The minimum absolute atomic E-state index is 0.143. The molecular formula is C15H22F4N2. The largest absolute Gasteiger partial charge is 0.416 e. The Kier molecular flexibility index (Phi) is 5.75. The van der Waals surface area contributed by atoms with Crippen LogP contribution in [0.1, 0.15) is 31.9 Å². The van der Waals surface area contributed by atoms with Crippen LogP contribution in [0.15, 0.2) is 18.2 Å². The van der Waals surface area contributed by atoms with Gasteiger partial charge in [-0.25, -0.2) is 4.39 Å².